The van der Waals surface area contributed by atoms with Crippen LogP contribution in [0.25, 0.3) is 22.2 Å². The molecule has 0 radical (unpaired) electrons. The number of anilines is 2. The Morgan fingerprint density at radius 2 is 1.92 bits per heavy atom. The number of piperidine rings is 1. The van der Waals surface area contributed by atoms with Gasteiger partial charge in [0.1, 0.15) is 5.56 Å². The van der Waals surface area contributed by atoms with Crippen LogP contribution in [0.2, 0.25) is 0 Å². The van der Waals surface area contributed by atoms with Crippen molar-refractivity contribution in [3.63, 3.8) is 0 Å². The fraction of sp³-hybridized carbons (Fsp3) is 0.435. The number of halogens is 6. The lowest BCUT2D eigenvalue weighted by atomic mass is 9.91. The molecule has 0 bridgehead atoms. The lowest BCUT2D eigenvalue weighted by Gasteiger charge is -2.36. The van der Waals surface area contributed by atoms with Gasteiger partial charge in [-0.05, 0) is 38.8 Å². The van der Waals surface area contributed by atoms with E-state index in [0.29, 0.717) is 12.7 Å². The molecule has 206 valence electrons. The smallest absolute Gasteiger partial charge is 0.453 e. The van der Waals surface area contributed by atoms with Crippen molar-refractivity contribution in [3.05, 3.63) is 30.1 Å². The maximum absolute atomic E-state index is 13.9. The van der Waals surface area contributed by atoms with Gasteiger partial charge in [0.25, 0.3) is 0 Å². The fourth-order valence-electron chi connectivity index (χ4n) is 4.14. The molecule has 1 aliphatic heterocycles. The molecule has 0 spiro atoms. The molecule has 0 saturated carbocycles. The van der Waals surface area contributed by atoms with Gasteiger partial charge in [0.05, 0.1) is 24.0 Å². The number of fused-ring (bicyclic) bond motifs is 1. The van der Waals surface area contributed by atoms with E-state index in [9.17, 15) is 31.1 Å². The Labute approximate surface area is 212 Å². The standard InChI is InChI=1S/C23H24F6N6O3/c1-21(2)7-6-11(8-32-21)33-19-31-10-14(22(24,25)26)16(35-19)13-9-30-17-12(13)4-5-15(34-20(36)37-3)18(17)38-23(27,28)29/h4-5,9-11,30,32H,6-8H2,1-3H3,(H,34,36)(H,31,33,35)/t11-/m0/s1. The van der Waals surface area contributed by atoms with Crippen molar-refractivity contribution in [1.82, 2.24) is 20.3 Å². The summed E-state index contributed by atoms with van der Waals surface area (Å²) < 4.78 is 89.8. The zero-order valence-electron chi connectivity index (χ0n) is 20.4. The summed E-state index contributed by atoms with van der Waals surface area (Å²) in [5, 5.41) is 8.39. The number of methoxy groups -OCH3 is 1. The largest absolute Gasteiger partial charge is 0.573 e. The second-order valence-electron chi connectivity index (χ2n) is 9.33. The number of carbonyl (C=O) groups excluding carboxylic acids is 1. The van der Waals surface area contributed by atoms with Crippen LogP contribution in [-0.2, 0) is 10.9 Å². The van der Waals surface area contributed by atoms with E-state index in [1.807, 2.05) is 13.8 Å². The number of alkyl halides is 6. The highest BCUT2D eigenvalue weighted by molar-refractivity contribution is 6.03. The Morgan fingerprint density at radius 3 is 2.53 bits per heavy atom. The van der Waals surface area contributed by atoms with E-state index in [2.05, 4.69) is 40.4 Å². The number of aromatic amines is 1. The number of carbonyl (C=O) groups is 1. The molecule has 0 aliphatic carbocycles. The fourth-order valence-corrected chi connectivity index (χ4v) is 4.14. The van der Waals surface area contributed by atoms with E-state index in [-0.39, 0.29) is 34.0 Å². The average Bonchev–Trinajstić information content (AvgIpc) is 3.25. The summed E-state index contributed by atoms with van der Waals surface area (Å²) in [6, 6.07) is 2.15. The van der Waals surface area contributed by atoms with Gasteiger partial charge in [0.2, 0.25) is 5.95 Å². The Hall–Kier alpha value is -3.75. The lowest BCUT2D eigenvalue weighted by Crippen LogP contribution is -2.50. The van der Waals surface area contributed by atoms with Crippen LogP contribution in [0.4, 0.5) is 42.8 Å². The zero-order valence-corrected chi connectivity index (χ0v) is 20.4. The number of hydrogen-bond acceptors (Lipinski definition) is 7. The quantitative estimate of drug-likeness (QED) is 0.306. The van der Waals surface area contributed by atoms with Crippen LogP contribution in [0, 0.1) is 0 Å². The summed E-state index contributed by atoms with van der Waals surface area (Å²) in [4.78, 5) is 22.1. The number of hydrogen-bond donors (Lipinski definition) is 4. The van der Waals surface area contributed by atoms with E-state index in [0.717, 1.165) is 32.2 Å². The minimum absolute atomic E-state index is 0.0594. The van der Waals surface area contributed by atoms with E-state index >= 15 is 0 Å². The van der Waals surface area contributed by atoms with Crippen LogP contribution in [0.5, 0.6) is 5.75 Å². The Bertz CT molecular complexity index is 1330. The number of H-pyrrole nitrogens is 1. The van der Waals surface area contributed by atoms with E-state index in [1.165, 1.54) is 6.07 Å². The van der Waals surface area contributed by atoms with Gasteiger partial charge in [-0.3, -0.25) is 5.32 Å². The van der Waals surface area contributed by atoms with Crippen molar-refractivity contribution in [2.75, 3.05) is 24.3 Å². The lowest BCUT2D eigenvalue weighted by molar-refractivity contribution is -0.273. The molecule has 15 heteroatoms. The topological polar surface area (TPSA) is 113 Å². The highest BCUT2D eigenvalue weighted by Gasteiger charge is 2.38. The van der Waals surface area contributed by atoms with Crippen LogP contribution >= 0.6 is 0 Å². The number of nitrogens with one attached hydrogen (secondary N) is 4. The van der Waals surface area contributed by atoms with Crippen LogP contribution in [-0.4, -0.2) is 52.6 Å². The molecule has 1 aromatic carbocycles. The normalized spacial score (nSPS) is 17.8. The molecule has 2 aromatic heterocycles. The monoisotopic (exact) mass is 546 g/mol. The van der Waals surface area contributed by atoms with Crippen molar-refractivity contribution >= 4 is 28.6 Å². The van der Waals surface area contributed by atoms with Crippen molar-refractivity contribution in [1.29, 1.82) is 0 Å². The molecule has 4 N–H and O–H groups in total. The predicted octanol–water partition coefficient (Wildman–Crippen LogP) is 5.66. The second-order valence-corrected chi connectivity index (χ2v) is 9.33. The van der Waals surface area contributed by atoms with Gasteiger partial charge in [0, 0.05) is 41.5 Å². The van der Waals surface area contributed by atoms with Crippen molar-refractivity contribution < 1.29 is 40.6 Å². The highest BCUT2D eigenvalue weighted by Crippen LogP contribution is 2.43. The Kier molecular flexibility index (Phi) is 7.07. The first-order valence-electron chi connectivity index (χ1n) is 11.4. The summed E-state index contributed by atoms with van der Waals surface area (Å²) in [6.45, 7) is 4.61. The second kappa shape index (κ2) is 9.85. The molecule has 0 unspecified atom stereocenters. The van der Waals surface area contributed by atoms with E-state index < -0.39 is 41.3 Å². The molecule has 1 atom stereocenters. The number of ether oxygens (including phenoxy) is 2. The van der Waals surface area contributed by atoms with Gasteiger partial charge in [-0.15, -0.1) is 13.2 Å². The molecule has 3 heterocycles. The molecule has 1 aliphatic rings. The molecule has 3 aromatic rings. The third kappa shape index (κ3) is 6.03. The number of rotatable bonds is 5. The molecule has 1 fully saturated rings. The molecule has 4 rings (SSSR count). The van der Waals surface area contributed by atoms with E-state index in [1.54, 1.807) is 0 Å². The molecular weight excluding hydrogens is 522 g/mol. The van der Waals surface area contributed by atoms with Gasteiger partial charge >= 0.3 is 18.6 Å². The average molecular weight is 546 g/mol. The summed E-state index contributed by atoms with van der Waals surface area (Å²) >= 11 is 0. The first kappa shape index (κ1) is 27.3. The first-order chi connectivity index (χ1) is 17.7. The first-order valence-corrected chi connectivity index (χ1v) is 11.4. The Balaban J connectivity index is 1.79. The van der Waals surface area contributed by atoms with Gasteiger partial charge in [-0.2, -0.15) is 13.2 Å². The number of benzene rings is 1. The highest BCUT2D eigenvalue weighted by atomic mass is 19.4. The molecule has 1 amide bonds. The van der Waals surface area contributed by atoms with Gasteiger partial charge < -0.3 is 25.1 Å². The summed E-state index contributed by atoms with van der Waals surface area (Å²) in [5.41, 5.74) is -2.67. The molecule has 9 nitrogen and oxygen atoms in total. The third-order valence-corrected chi connectivity index (χ3v) is 6.08. The predicted molar refractivity (Wildman–Crippen MR) is 126 cm³/mol. The van der Waals surface area contributed by atoms with Crippen molar-refractivity contribution in [2.24, 2.45) is 0 Å². The van der Waals surface area contributed by atoms with Gasteiger partial charge in [-0.1, -0.05) is 0 Å². The van der Waals surface area contributed by atoms with Crippen LogP contribution in [0.15, 0.2) is 24.5 Å². The van der Waals surface area contributed by atoms with Gasteiger partial charge in [0.15, 0.2) is 5.75 Å². The summed E-state index contributed by atoms with van der Waals surface area (Å²) in [7, 11) is 1.01. The summed E-state index contributed by atoms with van der Waals surface area (Å²) in [5.74, 6) is -0.923. The summed E-state index contributed by atoms with van der Waals surface area (Å²) in [6.07, 6.45) is -7.85. The van der Waals surface area contributed by atoms with Gasteiger partial charge in [-0.25, -0.2) is 14.8 Å². The maximum Gasteiger partial charge on any atom is 0.573 e. The van der Waals surface area contributed by atoms with Crippen LogP contribution in [0.3, 0.4) is 0 Å². The zero-order chi connectivity index (χ0) is 27.9. The van der Waals surface area contributed by atoms with Crippen molar-refractivity contribution in [3.8, 4) is 17.0 Å². The molecular formula is C23H24F6N6O3. The maximum atomic E-state index is 13.9. The number of aromatic nitrogens is 3. The molecule has 38 heavy (non-hydrogen) atoms. The third-order valence-electron chi connectivity index (χ3n) is 6.08. The number of amides is 1. The minimum atomic E-state index is -5.17. The Morgan fingerprint density at radius 1 is 1.18 bits per heavy atom. The van der Waals surface area contributed by atoms with Crippen LogP contribution < -0.4 is 20.7 Å². The van der Waals surface area contributed by atoms with Crippen LogP contribution in [0.1, 0.15) is 32.3 Å². The number of nitrogens with zero attached hydrogens (tertiary/aromatic N) is 2. The van der Waals surface area contributed by atoms with E-state index in [4.69, 9.17) is 0 Å². The van der Waals surface area contributed by atoms with Crippen molar-refractivity contribution in [2.45, 2.75) is 50.8 Å². The minimum Gasteiger partial charge on any atom is -0.453 e. The SMILES string of the molecule is COC(=O)Nc1ccc2c(-c3nc(N[C@H]4CCC(C)(C)NC4)ncc3C(F)(F)F)c[nH]c2c1OC(F)(F)F. The molecule has 1 saturated heterocycles.